The largest absolute Gasteiger partial charge is 0.494 e. The number of benzene rings is 2. The highest BCUT2D eigenvalue weighted by atomic mass is 16.5. The Hall–Kier alpha value is -2.29. The van der Waals surface area contributed by atoms with Gasteiger partial charge in [-0.3, -0.25) is 0 Å². The summed E-state index contributed by atoms with van der Waals surface area (Å²) in [7, 11) is 0. The number of hydrogen-bond donors (Lipinski definition) is 1. The van der Waals surface area contributed by atoms with Crippen LogP contribution in [0.5, 0.6) is 5.75 Å². The maximum atomic E-state index is 11.3. The molecule has 22 heavy (non-hydrogen) atoms. The van der Waals surface area contributed by atoms with Crippen molar-refractivity contribution in [2.45, 2.75) is 27.2 Å². The van der Waals surface area contributed by atoms with Crippen LogP contribution in [0.4, 0.5) is 0 Å². The molecule has 2 aromatic rings. The summed E-state index contributed by atoms with van der Waals surface area (Å²) in [4.78, 5) is 11.3. The molecule has 0 saturated heterocycles. The van der Waals surface area contributed by atoms with Crippen LogP contribution in [0.2, 0.25) is 0 Å². The molecule has 0 spiro atoms. The molecular formula is C19H22O3. The third kappa shape index (κ3) is 4.10. The highest BCUT2D eigenvalue weighted by Crippen LogP contribution is 2.27. The second kappa shape index (κ2) is 7.12. The zero-order chi connectivity index (χ0) is 16.1. The van der Waals surface area contributed by atoms with Crippen molar-refractivity contribution in [3.63, 3.8) is 0 Å². The van der Waals surface area contributed by atoms with Crippen LogP contribution in [0, 0.1) is 5.92 Å². The van der Waals surface area contributed by atoms with Crippen molar-refractivity contribution in [3.05, 3.63) is 53.6 Å². The van der Waals surface area contributed by atoms with Crippen molar-refractivity contribution >= 4 is 5.97 Å². The van der Waals surface area contributed by atoms with E-state index >= 15 is 0 Å². The first kappa shape index (κ1) is 16.1. The summed E-state index contributed by atoms with van der Waals surface area (Å²) in [6.45, 7) is 6.78. The molecule has 0 unspecified atom stereocenters. The van der Waals surface area contributed by atoms with Gasteiger partial charge in [0.1, 0.15) is 5.75 Å². The van der Waals surface area contributed by atoms with Gasteiger partial charge in [0.25, 0.3) is 0 Å². The molecule has 3 nitrogen and oxygen atoms in total. The Balaban J connectivity index is 2.36. The van der Waals surface area contributed by atoms with Crippen molar-refractivity contribution < 1.29 is 14.6 Å². The molecule has 0 aliphatic heterocycles. The van der Waals surface area contributed by atoms with Crippen molar-refractivity contribution in [3.8, 4) is 16.9 Å². The van der Waals surface area contributed by atoms with Crippen LogP contribution >= 0.6 is 0 Å². The van der Waals surface area contributed by atoms with E-state index in [1.54, 1.807) is 12.1 Å². The summed E-state index contributed by atoms with van der Waals surface area (Å²) in [5.74, 6) is 0.258. The maximum absolute atomic E-state index is 11.3. The molecule has 116 valence electrons. The summed E-state index contributed by atoms with van der Waals surface area (Å²) in [5, 5.41) is 9.24. The van der Waals surface area contributed by atoms with E-state index < -0.39 is 5.97 Å². The lowest BCUT2D eigenvalue weighted by atomic mass is 9.98. The first-order valence-electron chi connectivity index (χ1n) is 7.60. The number of aromatic carboxylic acids is 1. The van der Waals surface area contributed by atoms with E-state index in [9.17, 15) is 9.90 Å². The Morgan fingerprint density at radius 1 is 1.09 bits per heavy atom. The predicted molar refractivity (Wildman–Crippen MR) is 88.5 cm³/mol. The molecule has 0 amide bonds. The Morgan fingerprint density at radius 2 is 1.77 bits per heavy atom. The van der Waals surface area contributed by atoms with Crippen molar-refractivity contribution in [1.82, 2.24) is 0 Å². The fourth-order valence-electron chi connectivity index (χ4n) is 2.44. The van der Waals surface area contributed by atoms with E-state index in [2.05, 4.69) is 26.0 Å². The van der Waals surface area contributed by atoms with Gasteiger partial charge in [-0.1, -0.05) is 38.1 Å². The molecule has 2 aromatic carbocycles. The Kier molecular flexibility index (Phi) is 5.21. The lowest BCUT2D eigenvalue weighted by molar-refractivity contribution is 0.0696. The van der Waals surface area contributed by atoms with E-state index in [1.165, 1.54) is 5.56 Å². The van der Waals surface area contributed by atoms with Gasteiger partial charge in [0.05, 0.1) is 12.2 Å². The minimum atomic E-state index is -0.945. The van der Waals surface area contributed by atoms with Gasteiger partial charge in [0, 0.05) is 0 Å². The standard InChI is InChI=1S/C19H22O3/c1-4-22-18-11-16(10-17(12-18)19(20)21)15-7-5-14(6-8-15)9-13(2)3/h5-8,10-13H,4,9H2,1-3H3,(H,20,21). The van der Waals surface area contributed by atoms with Crippen LogP contribution in [-0.4, -0.2) is 17.7 Å². The second-order valence-corrected chi connectivity index (χ2v) is 5.78. The lowest BCUT2D eigenvalue weighted by Crippen LogP contribution is -1.99. The van der Waals surface area contributed by atoms with Crippen molar-refractivity contribution in [2.75, 3.05) is 6.61 Å². The van der Waals surface area contributed by atoms with Crippen LogP contribution in [0.3, 0.4) is 0 Å². The SMILES string of the molecule is CCOc1cc(C(=O)O)cc(-c2ccc(CC(C)C)cc2)c1. The van der Waals surface area contributed by atoms with E-state index in [-0.39, 0.29) is 5.56 Å². The number of hydrogen-bond acceptors (Lipinski definition) is 2. The lowest BCUT2D eigenvalue weighted by Gasteiger charge is -2.10. The summed E-state index contributed by atoms with van der Waals surface area (Å²) in [6.07, 6.45) is 1.04. The first-order chi connectivity index (χ1) is 10.5. The van der Waals surface area contributed by atoms with Crippen LogP contribution in [-0.2, 0) is 6.42 Å². The highest BCUT2D eigenvalue weighted by molar-refractivity contribution is 5.90. The zero-order valence-corrected chi connectivity index (χ0v) is 13.3. The summed E-state index contributed by atoms with van der Waals surface area (Å²) < 4.78 is 5.47. The van der Waals surface area contributed by atoms with E-state index in [0.717, 1.165) is 17.5 Å². The molecular weight excluding hydrogens is 276 g/mol. The first-order valence-corrected chi connectivity index (χ1v) is 7.60. The van der Waals surface area contributed by atoms with Crippen LogP contribution in [0.15, 0.2) is 42.5 Å². The Labute approximate surface area is 131 Å². The number of carboxylic acid groups (broad SMARTS) is 1. The molecule has 0 fully saturated rings. The fourth-order valence-corrected chi connectivity index (χ4v) is 2.44. The number of carbonyl (C=O) groups is 1. The molecule has 0 radical (unpaired) electrons. The smallest absolute Gasteiger partial charge is 0.335 e. The van der Waals surface area contributed by atoms with Gasteiger partial charge in [-0.2, -0.15) is 0 Å². The summed E-state index contributed by atoms with van der Waals surface area (Å²) >= 11 is 0. The average Bonchev–Trinajstić information content (AvgIpc) is 2.47. The van der Waals surface area contributed by atoms with E-state index in [4.69, 9.17) is 4.74 Å². The van der Waals surface area contributed by atoms with Gasteiger partial charge in [0.2, 0.25) is 0 Å². The van der Waals surface area contributed by atoms with Crippen LogP contribution in [0.1, 0.15) is 36.7 Å². The van der Waals surface area contributed by atoms with Gasteiger partial charge in [-0.25, -0.2) is 4.79 Å². The van der Waals surface area contributed by atoms with Gasteiger partial charge in [-0.15, -0.1) is 0 Å². The van der Waals surface area contributed by atoms with Crippen LogP contribution in [0.25, 0.3) is 11.1 Å². The molecule has 2 rings (SSSR count). The quantitative estimate of drug-likeness (QED) is 0.844. The molecule has 1 N–H and O–H groups in total. The van der Waals surface area contributed by atoms with Gasteiger partial charge in [0.15, 0.2) is 0 Å². The monoisotopic (exact) mass is 298 g/mol. The van der Waals surface area contributed by atoms with E-state index in [1.807, 2.05) is 25.1 Å². The third-order valence-electron chi connectivity index (χ3n) is 3.40. The third-order valence-corrected chi connectivity index (χ3v) is 3.40. The van der Waals surface area contributed by atoms with Crippen LogP contribution < -0.4 is 4.74 Å². The molecule has 0 heterocycles. The molecule has 0 aliphatic rings. The number of carboxylic acids is 1. The molecule has 0 saturated carbocycles. The fraction of sp³-hybridized carbons (Fsp3) is 0.316. The van der Waals surface area contributed by atoms with Gasteiger partial charge in [-0.05, 0) is 54.2 Å². The number of ether oxygens (including phenoxy) is 1. The van der Waals surface area contributed by atoms with Gasteiger partial charge < -0.3 is 9.84 Å². The minimum Gasteiger partial charge on any atom is -0.494 e. The highest BCUT2D eigenvalue weighted by Gasteiger charge is 2.09. The van der Waals surface area contributed by atoms with Crippen molar-refractivity contribution in [1.29, 1.82) is 0 Å². The normalized spacial score (nSPS) is 10.7. The molecule has 0 atom stereocenters. The summed E-state index contributed by atoms with van der Waals surface area (Å²) in [5.41, 5.74) is 3.39. The predicted octanol–water partition coefficient (Wildman–Crippen LogP) is 4.65. The Morgan fingerprint density at radius 3 is 2.32 bits per heavy atom. The average molecular weight is 298 g/mol. The molecule has 0 bridgehead atoms. The zero-order valence-electron chi connectivity index (χ0n) is 13.3. The molecule has 0 aliphatic carbocycles. The second-order valence-electron chi connectivity index (χ2n) is 5.78. The maximum Gasteiger partial charge on any atom is 0.335 e. The number of rotatable bonds is 6. The van der Waals surface area contributed by atoms with E-state index in [0.29, 0.717) is 18.3 Å². The summed E-state index contributed by atoms with van der Waals surface area (Å²) in [6, 6.07) is 13.4. The van der Waals surface area contributed by atoms with Crippen molar-refractivity contribution in [2.24, 2.45) is 5.92 Å². The minimum absolute atomic E-state index is 0.243. The molecule has 3 heteroatoms. The topological polar surface area (TPSA) is 46.5 Å². The van der Waals surface area contributed by atoms with Gasteiger partial charge >= 0.3 is 5.97 Å². The molecule has 0 aromatic heterocycles. The Bertz CT molecular complexity index is 642.